The summed E-state index contributed by atoms with van der Waals surface area (Å²) in [5, 5.41) is 13.4. The number of aromatic hydroxyl groups is 1. The van der Waals surface area contributed by atoms with Crippen LogP contribution in [0.5, 0.6) is 11.5 Å². The van der Waals surface area contributed by atoms with E-state index in [0.29, 0.717) is 5.75 Å². The Bertz CT molecular complexity index is 596. The third-order valence-corrected chi connectivity index (χ3v) is 3.65. The maximum Gasteiger partial charge on any atom is 0.120 e. The van der Waals surface area contributed by atoms with Gasteiger partial charge in [0.2, 0.25) is 0 Å². The van der Waals surface area contributed by atoms with Gasteiger partial charge < -0.3 is 15.2 Å². The number of benzene rings is 2. The van der Waals surface area contributed by atoms with Gasteiger partial charge in [-0.15, -0.1) is 0 Å². The SMILES string of the molecule is COc1cccc(CCNC(C)c2cc(C)ccc2O)c1. The van der Waals surface area contributed by atoms with E-state index in [1.54, 1.807) is 13.2 Å². The van der Waals surface area contributed by atoms with Gasteiger partial charge in [0.1, 0.15) is 11.5 Å². The van der Waals surface area contributed by atoms with Crippen LogP contribution in [-0.4, -0.2) is 18.8 Å². The van der Waals surface area contributed by atoms with E-state index in [-0.39, 0.29) is 6.04 Å². The number of phenols is 1. The third-order valence-electron chi connectivity index (χ3n) is 3.65. The van der Waals surface area contributed by atoms with Gasteiger partial charge in [0, 0.05) is 11.6 Å². The zero-order valence-corrected chi connectivity index (χ0v) is 12.9. The molecule has 2 aromatic carbocycles. The van der Waals surface area contributed by atoms with Crippen LogP contribution in [0.1, 0.15) is 29.7 Å². The molecule has 0 aliphatic heterocycles. The summed E-state index contributed by atoms with van der Waals surface area (Å²) in [6.45, 7) is 4.95. The molecule has 0 aliphatic rings. The van der Waals surface area contributed by atoms with Gasteiger partial charge in [-0.3, -0.25) is 0 Å². The monoisotopic (exact) mass is 285 g/mol. The number of aryl methyl sites for hydroxylation is 1. The second kappa shape index (κ2) is 7.14. The van der Waals surface area contributed by atoms with Crippen LogP contribution < -0.4 is 10.1 Å². The number of phenolic OH excluding ortho intramolecular Hbond substituents is 1. The molecule has 0 radical (unpaired) electrons. The fourth-order valence-corrected chi connectivity index (χ4v) is 2.39. The molecule has 0 amide bonds. The predicted octanol–water partition coefficient (Wildman–Crippen LogP) is 3.60. The van der Waals surface area contributed by atoms with Gasteiger partial charge in [0.05, 0.1) is 7.11 Å². The molecule has 0 spiro atoms. The number of hydrogen-bond donors (Lipinski definition) is 2. The molecule has 0 fully saturated rings. The van der Waals surface area contributed by atoms with Gasteiger partial charge in [-0.2, -0.15) is 0 Å². The van der Waals surface area contributed by atoms with Crippen molar-refractivity contribution in [3.8, 4) is 11.5 Å². The topological polar surface area (TPSA) is 41.5 Å². The minimum atomic E-state index is 0.121. The minimum Gasteiger partial charge on any atom is -0.508 e. The fraction of sp³-hybridized carbons (Fsp3) is 0.333. The van der Waals surface area contributed by atoms with Crippen LogP contribution in [0.15, 0.2) is 42.5 Å². The Kier molecular flexibility index (Phi) is 5.23. The quantitative estimate of drug-likeness (QED) is 0.852. The van der Waals surface area contributed by atoms with E-state index in [9.17, 15) is 5.11 Å². The molecule has 3 heteroatoms. The summed E-state index contributed by atoms with van der Waals surface area (Å²) in [7, 11) is 1.68. The van der Waals surface area contributed by atoms with E-state index >= 15 is 0 Å². The molecule has 3 nitrogen and oxygen atoms in total. The molecule has 0 saturated carbocycles. The first-order chi connectivity index (χ1) is 10.1. The van der Waals surface area contributed by atoms with Gasteiger partial charge in [0.25, 0.3) is 0 Å². The molecule has 1 unspecified atom stereocenters. The van der Waals surface area contributed by atoms with E-state index in [1.807, 2.05) is 31.2 Å². The van der Waals surface area contributed by atoms with Crippen LogP contribution in [0, 0.1) is 6.92 Å². The smallest absolute Gasteiger partial charge is 0.120 e. The summed E-state index contributed by atoms with van der Waals surface area (Å²) in [6, 6.07) is 13.9. The lowest BCUT2D eigenvalue weighted by molar-refractivity contribution is 0.414. The number of hydrogen-bond acceptors (Lipinski definition) is 3. The maximum atomic E-state index is 9.93. The molecular formula is C18H23NO2. The molecule has 0 aromatic heterocycles. The van der Waals surface area contributed by atoms with E-state index in [2.05, 4.69) is 24.4 Å². The van der Waals surface area contributed by atoms with Crippen molar-refractivity contribution in [1.29, 1.82) is 0 Å². The molecule has 2 N–H and O–H groups in total. The molecule has 0 aliphatic carbocycles. The lowest BCUT2D eigenvalue weighted by Crippen LogP contribution is -2.21. The number of nitrogens with one attached hydrogen (secondary N) is 1. The van der Waals surface area contributed by atoms with E-state index < -0.39 is 0 Å². The van der Waals surface area contributed by atoms with Crippen LogP contribution >= 0.6 is 0 Å². The maximum absolute atomic E-state index is 9.93. The van der Waals surface area contributed by atoms with Crippen LogP contribution in [0.4, 0.5) is 0 Å². The third kappa shape index (κ3) is 4.23. The van der Waals surface area contributed by atoms with Crippen LogP contribution in [0.2, 0.25) is 0 Å². The van der Waals surface area contributed by atoms with Crippen molar-refractivity contribution in [3.05, 3.63) is 59.2 Å². The number of methoxy groups -OCH3 is 1. The average Bonchev–Trinajstić information content (AvgIpc) is 2.49. The summed E-state index contributed by atoms with van der Waals surface area (Å²) in [5.41, 5.74) is 3.34. The van der Waals surface area contributed by atoms with E-state index in [0.717, 1.165) is 29.8 Å². The predicted molar refractivity (Wildman–Crippen MR) is 86.0 cm³/mol. The summed E-state index contributed by atoms with van der Waals surface area (Å²) in [4.78, 5) is 0. The van der Waals surface area contributed by atoms with Crippen LogP contribution in [0.25, 0.3) is 0 Å². The zero-order valence-electron chi connectivity index (χ0n) is 12.9. The van der Waals surface area contributed by atoms with Crippen molar-refractivity contribution in [3.63, 3.8) is 0 Å². The van der Waals surface area contributed by atoms with Gasteiger partial charge in [-0.1, -0.05) is 29.8 Å². The van der Waals surface area contributed by atoms with Crippen molar-refractivity contribution >= 4 is 0 Å². The minimum absolute atomic E-state index is 0.121. The standard InChI is InChI=1S/C18H23NO2/c1-13-7-8-18(20)17(11-13)14(2)19-10-9-15-5-4-6-16(12-15)21-3/h4-8,11-12,14,19-20H,9-10H2,1-3H3. The van der Waals surface area contributed by atoms with Crippen molar-refractivity contribution in [2.45, 2.75) is 26.3 Å². The average molecular weight is 285 g/mol. The normalized spacial score (nSPS) is 12.1. The highest BCUT2D eigenvalue weighted by atomic mass is 16.5. The lowest BCUT2D eigenvalue weighted by atomic mass is 10.0. The largest absolute Gasteiger partial charge is 0.508 e. The fourth-order valence-electron chi connectivity index (χ4n) is 2.39. The van der Waals surface area contributed by atoms with Gasteiger partial charge in [-0.25, -0.2) is 0 Å². The van der Waals surface area contributed by atoms with E-state index in [4.69, 9.17) is 4.74 Å². The molecule has 0 saturated heterocycles. The van der Waals surface area contributed by atoms with Gasteiger partial charge in [0.15, 0.2) is 0 Å². The Balaban J connectivity index is 1.92. The van der Waals surface area contributed by atoms with E-state index in [1.165, 1.54) is 5.56 Å². The van der Waals surface area contributed by atoms with Crippen LogP contribution in [-0.2, 0) is 6.42 Å². The first-order valence-corrected chi connectivity index (χ1v) is 7.26. The zero-order chi connectivity index (χ0) is 15.2. The molecular weight excluding hydrogens is 262 g/mol. The summed E-state index contributed by atoms with van der Waals surface area (Å²) in [6.07, 6.45) is 0.925. The Morgan fingerprint density at radius 3 is 2.76 bits per heavy atom. The number of ether oxygens (including phenoxy) is 1. The second-order valence-electron chi connectivity index (χ2n) is 5.34. The molecule has 2 aromatic rings. The van der Waals surface area contributed by atoms with Gasteiger partial charge in [-0.05, 0) is 50.6 Å². The summed E-state index contributed by atoms with van der Waals surface area (Å²) < 4.78 is 5.23. The summed E-state index contributed by atoms with van der Waals surface area (Å²) in [5.74, 6) is 1.24. The van der Waals surface area contributed by atoms with Crippen molar-refractivity contribution < 1.29 is 9.84 Å². The second-order valence-corrected chi connectivity index (χ2v) is 5.34. The molecule has 0 heterocycles. The Labute approximate surface area is 126 Å². The lowest BCUT2D eigenvalue weighted by Gasteiger charge is -2.16. The molecule has 1 atom stereocenters. The molecule has 112 valence electrons. The number of rotatable bonds is 6. The first kappa shape index (κ1) is 15.4. The Hall–Kier alpha value is -2.00. The van der Waals surface area contributed by atoms with Crippen molar-refractivity contribution in [2.75, 3.05) is 13.7 Å². The highest BCUT2D eigenvalue weighted by Gasteiger charge is 2.09. The Morgan fingerprint density at radius 1 is 1.19 bits per heavy atom. The van der Waals surface area contributed by atoms with Gasteiger partial charge >= 0.3 is 0 Å². The molecule has 21 heavy (non-hydrogen) atoms. The molecule has 0 bridgehead atoms. The highest BCUT2D eigenvalue weighted by Crippen LogP contribution is 2.24. The first-order valence-electron chi connectivity index (χ1n) is 7.26. The van der Waals surface area contributed by atoms with Crippen LogP contribution in [0.3, 0.4) is 0 Å². The van der Waals surface area contributed by atoms with Crippen molar-refractivity contribution in [1.82, 2.24) is 5.32 Å². The Morgan fingerprint density at radius 2 is 2.00 bits per heavy atom. The molecule has 2 rings (SSSR count). The summed E-state index contributed by atoms with van der Waals surface area (Å²) >= 11 is 0. The highest BCUT2D eigenvalue weighted by molar-refractivity contribution is 5.37. The van der Waals surface area contributed by atoms with Crippen molar-refractivity contribution in [2.24, 2.45) is 0 Å².